The molecule has 1 aliphatic heterocycles. The number of hydrogen-bond donors (Lipinski definition) is 1. The highest BCUT2D eigenvalue weighted by molar-refractivity contribution is 5.44. The van der Waals surface area contributed by atoms with Gasteiger partial charge in [-0.3, -0.25) is 4.90 Å². The quantitative estimate of drug-likeness (QED) is 0.860. The van der Waals surface area contributed by atoms with Crippen molar-refractivity contribution in [2.24, 2.45) is 0 Å². The molecular formula is C14H20F2N2O2. The lowest BCUT2D eigenvalue weighted by Crippen LogP contribution is -2.47. The second kappa shape index (κ2) is 6.37. The maximum absolute atomic E-state index is 13.6. The van der Waals surface area contributed by atoms with Gasteiger partial charge >= 0.3 is 0 Å². The minimum Gasteiger partial charge on any atom is -0.488 e. The number of nitrogens with zero attached hydrogens (tertiary/aromatic N) is 1. The summed E-state index contributed by atoms with van der Waals surface area (Å²) in [5.74, 6) is -1.49. The molecule has 0 aliphatic carbocycles. The number of nitrogen functional groups attached to an aromatic ring is 1. The van der Waals surface area contributed by atoms with E-state index in [1.54, 1.807) is 0 Å². The molecule has 1 aromatic rings. The molecule has 0 aromatic heterocycles. The molecule has 112 valence electrons. The highest BCUT2D eigenvalue weighted by Gasteiger charge is 2.23. The molecule has 1 heterocycles. The molecular weight excluding hydrogens is 266 g/mol. The van der Waals surface area contributed by atoms with Gasteiger partial charge in [0.25, 0.3) is 0 Å². The number of halogens is 2. The van der Waals surface area contributed by atoms with Crippen molar-refractivity contribution >= 4 is 5.69 Å². The zero-order valence-electron chi connectivity index (χ0n) is 11.7. The first-order valence-corrected chi connectivity index (χ1v) is 6.70. The largest absolute Gasteiger partial charge is 0.488 e. The van der Waals surface area contributed by atoms with Crippen LogP contribution in [0.15, 0.2) is 12.1 Å². The number of hydrogen-bond acceptors (Lipinski definition) is 4. The van der Waals surface area contributed by atoms with E-state index in [-0.39, 0.29) is 24.1 Å². The van der Waals surface area contributed by atoms with Gasteiger partial charge in [-0.05, 0) is 13.8 Å². The zero-order valence-corrected chi connectivity index (χ0v) is 11.7. The number of ether oxygens (including phenoxy) is 2. The number of rotatable bonds is 4. The van der Waals surface area contributed by atoms with E-state index in [0.717, 1.165) is 25.2 Å². The lowest BCUT2D eigenvalue weighted by molar-refractivity contribution is -0.0568. The Morgan fingerprint density at radius 1 is 1.40 bits per heavy atom. The van der Waals surface area contributed by atoms with Crippen LogP contribution in [-0.4, -0.2) is 43.3 Å². The van der Waals surface area contributed by atoms with E-state index < -0.39 is 11.6 Å². The molecule has 1 fully saturated rings. The third-order valence-electron chi connectivity index (χ3n) is 3.38. The average Bonchev–Trinajstić information content (AvgIpc) is 2.41. The van der Waals surface area contributed by atoms with E-state index in [0.29, 0.717) is 12.6 Å². The van der Waals surface area contributed by atoms with Gasteiger partial charge in [-0.2, -0.15) is 0 Å². The van der Waals surface area contributed by atoms with Crippen LogP contribution in [-0.2, 0) is 4.74 Å². The van der Waals surface area contributed by atoms with Crippen LogP contribution < -0.4 is 10.5 Å². The van der Waals surface area contributed by atoms with Crippen LogP contribution in [0.2, 0.25) is 0 Å². The van der Waals surface area contributed by atoms with E-state index in [4.69, 9.17) is 15.2 Å². The minimum atomic E-state index is -0.685. The first-order chi connectivity index (χ1) is 9.47. The van der Waals surface area contributed by atoms with Crippen molar-refractivity contribution in [2.75, 3.05) is 32.0 Å². The smallest absolute Gasteiger partial charge is 0.167 e. The lowest BCUT2D eigenvalue weighted by atomic mass is 10.2. The molecule has 0 saturated carbocycles. The Morgan fingerprint density at radius 3 is 2.85 bits per heavy atom. The Kier molecular flexibility index (Phi) is 4.77. The first-order valence-electron chi connectivity index (χ1n) is 6.70. The third-order valence-corrected chi connectivity index (χ3v) is 3.38. The monoisotopic (exact) mass is 286 g/mol. The van der Waals surface area contributed by atoms with Crippen molar-refractivity contribution in [3.05, 3.63) is 23.8 Å². The van der Waals surface area contributed by atoms with Gasteiger partial charge in [-0.1, -0.05) is 0 Å². The van der Waals surface area contributed by atoms with Crippen molar-refractivity contribution < 1.29 is 18.3 Å². The van der Waals surface area contributed by atoms with E-state index in [1.807, 2.05) is 0 Å². The Labute approximate surface area is 117 Å². The summed E-state index contributed by atoms with van der Waals surface area (Å²) in [7, 11) is 0. The van der Waals surface area contributed by atoms with E-state index >= 15 is 0 Å². The van der Waals surface area contributed by atoms with E-state index in [9.17, 15) is 8.78 Å². The fourth-order valence-corrected chi connectivity index (χ4v) is 2.15. The highest BCUT2D eigenvalue weighted by atomic mass is 19.1. The molecule has 0 bridgehead atoms. The van der Waals surface area contributed by atoms with Crippen LogP contribution in [0.5, 0.6) is 5.75 Å². The van der Waals surface area contributed by atoms with Gasteiger partial charge in [0.2, 0.25) is 0 Å². The fourth-order valence-electron chi connectivity index (χ4n) is 2.15. The van der Waals surface area contributed by atoms with Crippen LogP contribution in [0, 0.1) is 11.6 Å². The Bertz CT molecular complexity index is 469. The second-order valence-corrected chi connectivity index (χ2v) is 5.20. The van der Waals surface area contributed by atoms with Crippen molar-refractivity contribution in [1.82, 2.24) is 4.90 Å². The summed E-state index contributed by atoms with van der Waals surface area (Å²) in [4.78, 5) is 2.26. The highest BCUT2D eigenvalue weighted by Crippen LogP contribution is 2.23. The molecule has 1 aromatic carbocycles. The van der Waals surface area contributed by atoms with Gasteiger partial charge in [-0.15, -0.1) is 0 Å². The SMILES string of the molecule is CC(C)N1CCOC(COc2cc(F)c(N)cc2F)C1. The van der Waals surface area contributed by atoms with Gasteiger partial charge in [0.1, 0.15) is 18.5 Å². The molecule has 2 N–H and O–H groups in total. The Hall–Kier alpha value is -1.40. The summed E-state index contributed by atoms with van der Waals surface area (Å²) >= 11 is 0. The van der Waals surface area contributed by atoms with E-state index in [2.05, 4.69) is 18.7 Å². The molecule has 1 unspecified atom stereocenters. The molecule has 20 heavy (non-hydrogen) atoms. The van der Waals surface area contributed by atoms with Crippen molar-refractivity contribution in [1.29, 1.82) is 0 Å². The Morgan fingerprint density at radius 2 is 2.15 bits per heavy atom. The topological polar surface area (TPSA) is 47.7 Å². The number of benzene rings is 1. The normalized spacial score (nSPS) is 20.4. The third kappa shape index (κ3) is 3.58. The van der Waals surface area contributed by atoms with Crippen LogP contribution in [0.1, 0.15) is 13.8 Å². The van der Waals surface area contributed by atoms with Crippen molar-refractivity contribution in [3.63, 3.8) is 0 Å². The standard InChI is InChI=1S/C14H20F2N2O2/c1-9(2)18-3-4-19-10(7-18)8-20-14-6-11(15)13(17)5-12(14)16/h5-6,9-10H,3-4,7-8,17H2,1-2H3. The zero-order chi connectivity index (χ0) is 14.7. The molecule has 1 saturated heterocycles. The van der Waals surface area contributed by atoms with Crippen molar-refractivity contribution in [3.8, 4) is 5.75 Å². The van der Waals surface area contributed by atoms with Crippen LogP contribution in [0.3, 0.4) is 0 Å². The molecule has 2 rings (SSSR count). The molecule has 0 spiro atoms. The minimum absolute atomic E-state index is 0.137. The second-order valence-electron chi connectivity index (χ2n) is 5.20. The van der Waals surface area contributed by atoms with Crippen molar-refractivity contribution in [2.45, 2.75) is 26.0 Å². The van der Waals surface area contributed by atoms with Gasteiger partial charge in [0, 0.05) is 31.3 Å². The summed E-state index contributed by atoms with van der Waals surface area (Å²) in [5, 5.41) is 0. The molecule has 0 radical (unpaired) electrons. The van der Waals surface area contributed by atoms with Crippen LogP contribution in [0.4, 0.5) is 14.5 Å². The molecule has 6 heteroatoms. The predicted molar refractivity (Wildman–Crippen MR) is 72.7 cm³/mol. The van der Waals surface area contributed by atoms with E-state index in [1.165, 1.54) is 0 Å². The van der Waals surface area contributed by atoms with Gasteiger partial charge in [-0.25, -0.2) is 8.78 Å². The first kappa shape index (κ1) is 15.0. The molecule has 1 aliphatic rings. The number of nitrogens with two attached hydrogens (primary N) is 1. The maximum Gasteiger partial charge on any atom is 0.167 e. The van der Waals surface area contributed by atoms with Crippen LogP contribution in [0.25, 0.3) is 0 Å². The summed E-state index contributed by atoms with van der Waals surface area (Å²) in [6.07, 6.45) is -0.147. The molecule has 4 nitrogen and oxygen atoms in total. The van der Waals surface area contributed by atoms with Gasteiger partial charge in [0.05, 0.1) is 12.3 Å². The molecule has 0 amide bonds. The van der Waals surface area contributed by atoms with Gasteiger partial charge < -0.3 is 15.2 Å². The summed E-state index contributed by atoms with van der Waals surface area (Å²) < 4.78 is 37.7. The van der Waals surface area contributed by atoms with Gasteiger partial charge in [0.15, 0.2) is 11.6 Å². The summed E-state index contributed by atoms with van der Waals surface area (Å²) in [6.45, 7) is 6.61. The fraction of sp³-hybridized carbons (Fsp3) is 0.571. The average molecular weight is 286 g/mol. The summed E-state index contributed by atoms with van der Waals surface area (Å²) in [5.41, 5.74) is 5.05. The predicted octanol–water partition coefficient (Wildman–Crippen LogP) is 2.04. The number of morpholine rings is 1. The molecule has 1 atom stereocenters. The lowest BCUT2D eigenvalue weighted by Gasteiger charge is -2.35. The number of anilines is 1. The maximum atomic E-state index is 13.6. The summed E-state index contributed by atoms with van der Waals surface area (Å²) in [6, 6.07) is 2.31. The Balaban J connectivity index is 1.93. The van der Waals surface area contributed by atoms with Crippen LogP contribution >= 0.6 is 0 Å².